The molecule has 2 rings (SSSR count). The molecule has 1 aromatic carbocycles. The van der Waals surface area contributed by atoms with Crippen molar-refractivity contribution < 1.29 is 9.13 Å². The monoisotopic (exact) mass is 259 g/mol. The molecule has 0 saturated carbocycles. The highest BCUT2D eigenvalue weighted by Gasteiger charge is 2.31. The molecule has 2 unspecified atom stereocenters. The molecule has 1 heterocycles. The van der Waals surface area contributed by atoms with Crippen LogP contribution in [0.25, 0.3) is 0 Å². The fourth-order valence-electron chi connectivity index (χ4n) is 2.17. The van der Waals surface area contributed by atoms with Crippen LogP contribution < -0.4 is 0 Å². The van der Waals surface area contributed by atoms with Crippen LogP contribution in [0.1, 0.15) is 25.5 Å². The number of hydrogen-bond acceptors (Lipinski definition) is 2. The second-order valence-corrected chi connectivity index (χ2v) is 4.56. The van der Waals surface area contributed by atoms with Gasteiger partial charge in [0.1, 0.15) is 5.82 Å². The van der Waals surface area contributed by atoms with E-state index in [1.54, 1.807) is 12.1 Å². The molecule has 4 heteroatoms. The Bertz CT molecular complexity index is 374. The Kier molecular flexibility index (Phi) is 4.92. The molecule has 0 N–H and O–H groups in total. The van der Waals surface area contributed by atoms with Gasteiger partial charge in [-0.3, -0.25) is 4.90 Å². The topological polar surface area (TPSA) is 12.5 Å². The van der Waals surface area contributed by atoms with E-state index >= 15 is 0 Å². The van der Waals surface area contributed by atoms with Crippen molar-refractivity contribution in [1.29, 1.82) is 0 Å². The molecule has 0 bridgehead atoms. The summed E-state index contributed by atoms with van der Waals surface area (Å²) in [6.07, 6.45) is -0.0306. The van der Waals surface area contributed by atoms with Crippen molar-refractivity contribution in [3.05, 3.63) is 35.6 Å². The van der Waals surface area contributed by atoms with Gasteiger partial charge in [0.2, 0.25) is 0 Å². The van der Waals surface area contributed by atoms with E-state index in [4.69, 9.17) is 4.74 Å². The van der Waals surface area contributed by atoms with Crippen LogP contribution in [-0.2, 0) is 4.74 Å². The van der Waals surface area contributed by atoms with Gasteiger partial charge in [-0.25, -0.2) is 4.39 Å². The second-order valence-electron chi connectivity index (χ2n) is 4.56. The summed E-state index contributed by atoms with van der Waals surface area (Å²) in [6, 6.07) is 7.37. The van der Waals surface area contributed by atoms with E-state index in [0.717, 1.165) is 5.56 Å². The van der Waals surface area contributed by atoms with Crippen molar-refractivity contribution in [2.45, 2.75) is 32.0 Å². The third-order valence-corrected chi connectivity index (χ3v) is 3.47. The normalized spacial score (nSPS) is 29.8. The lowest BCUT2D eigenvalue weighted by Crippen LogP contribution is -2.48. The van der Waals surface area contributed by atoms with Crippen molar-refractivity contribution >= 4 is 12.4 Å². The molecule has 3 atom stereocenters. The van der Waals surface area contributed by atoms with Gasteiger partial charge in [-0.2, -0.15) is 0 Å². The van der Waals surface area contributed by atoms with Crippen molar-refractivity contribution in [2.24, 2.45) is 0 Å². The molecule has 1 aromatic rings. The third-order valence-electron chi connectivity index (χ3n) is 3.47. The molecule has 1 saturated heterocycles. The number of morpholine rings is 1. The lowest BCUT2D eigenvalue weighted by atomic mass is 9.99. The summed E-state index contributed by atoms with van der Waals surface area (Å²) in [5, 5.41) is 0. The molecule has 0 amide bonds. The van der Waals surface area contributed by atoms with Gasteiger partial charge in [0.15, 0.2) is 0 Å². The lowest BCUT2D eigenvalue weighted by Gasteiger charge is -2.41. The van der Waals surface area contributed by atoms with E-state index in [9.17, 15) is 4.39 Å². The summed E-state index contributed by atoms with van der Waals surface area (Å²) in [6.45, 7) is 4.95. The van der Waals surface area contributed by atoms with Crippen molar-refractivity contribution in [3.63, 3.8) is 0 Å². The van der Waals surface area contributed by atoms with Crippen molar-refractivity contribution in [3.8, 4) is 0 Å². The average molecular weight is 260 g/mol. The highest BCUT2D eigenvalue weighted by Crippen LogP contribution is 2.29. The van der Waals surface area contributed by atoms with Crippen molar-refractivity contribution in [2.75, 3.05) is 13.7 Å². The number of hydrogen-bond donors (Lipinski definition) is 0. The molecule has 0 radical (unpaired) electrons. The summed E-state index contributed by atoms with van der Waals surface area (Å²) in [5.74, 6) is -0.199. The first kappa shape index (κ1) is 14.4. The number of likely N-dealkylation sites (N-methyl/N-ethyl adjacent to an activating group) is 1. The minimum atomic E-state index is -0.199. The molecule has 1 aliphatic rings. The first-order valence-corrected chi connectivity index (χ1v) is 5.68. The van der Waals surface area contributed by atoms with Gasteiger partial charge in [-0.1, -0.05) is 12.1 Å². The minimum Gasteiger partial charge on any atom is -0.370 e. The molecular formula is C13H19ClFNO. The van der Waals surface area contributed by atoms with Crippen molar-refractivity contribution in [1.82, 2.24) is 4.90 Å². The SMILES string of the molecule is CC1C(c2cccc(F)c2)OC[C@H](C)N1C.Cl. The fourth-order valence-corrected chi connectivity index (χ4v) is 2.17. The molecule has 2 nitrogen and oxygen atoms in total. The number of ether oxygens (including phenoxy) is 1. The van der Waals surface area contributed by atoms with E-state index in [2.05, 4.69) is 25.8 Å². The van der Waals surface area contributed by atoms with Crippen LogP contribution in [0.5, 0.6) is 0 Å². The molecule has 1 aliphatic heterocycles. The van der Waals surface area contributed by atoms with Crippen LogP contribution in [0.2, 0.25) is 0 Å². The summed E-state index contributed by atoms with van der Waals surface area (Å²) < 4.78 is 19.0. The Balaban J connectivity index is 0.00000144. The first-order chi connectivity index (χ1) is 7.59. The predicted octanol–water partition coefficient (Wildman–Crippen LogP) is 3.03. The lowest BCUT2D eigenvalue weighted by molar-refractivity contribution is -0.0853. The van der Waals surface area contributed by atoms with Gasteiger partial charge in [0.25, 0.3) is 0 Å². The van der Waals surface area contributed by atoms with Crippen LogP contribution in [-0.4, -0.2) is 30.6 Å². The molecule has 1 fully saturated rings. The van der Waals surface area contributed by atoms with E-state index < -0.39 is 0 Å². The summed E-state index contributed by atoms with van der Waals surface area (Å²) in [5.41, 5.74) is 0.922. The minimum absolute atomic E-state index is 0. The van der Waals surface area contributed by atoms with Gasteiger partial charge < -0.3 is 4.74 Å². The smallest absolute Gasteiger partial charge is 0.123 e. The zero-order valence-corrected chi connectivity index (χ0v) is 11.2. The predicted molar refractivity (Wildman–Crippen MR) is 69.0 cm³/mol. The summed E-state index contributed by atoms with van der Waals surface area (Å²) in [4.78, 5) is 2.28. The van der Waals surface area contributed by atoms with E-state index in [0.29, 0.717) is 12.6 Å². The second kappa shape index (κ2) is 5.80. The molecule has 0 aliphatic carbocycles. The van der Waals surface area contributed by atoms with E-state index in [1.165, 1.54) is 6.07 Å². The van der Waals surface area contributed by atoms with Crippen LogP contribution in [0.3, 0.4) is 0 Å². The Morgan fingerprint density at radius 3 is 2.71 bits per heavy atom. The van der Waals surface area contributed by atoms with Gasteiger partial charge in [0, 0.05) is 12.1 Å². The highest BCUT2D eigenvalue weighted by atomic mass is 35.5. The highest BCUT2D eigenvalue weighted by molar-refractivity contribution is 5.85. The Labute approximate surface area is 108 Å². The maximum absolute atomic E-state index is 13.2. The van der Waals surface area contributed by atoms with E-state index in [-0.39, 0.29) is 30.4 Å². The maximum Gasteiger partial charge on any atom is 0.123 e. The zero-order chi connectivity index (χ0) is 11.7. The third kappa shape index (κ3) is 2.97. The van der Waals surface area contributed by atoms with Gasteiger partial charge in [0.05, 0.1) is 12.7 Å². The number of benzene rings is 1. The standard InChI is InChI=1S/C13H18FNO.ClH/c1-9-8-16-13(10(2)15(9)3)11-5-4-6-12(14)7-11;/h4-7,9-10,13H,8H2,1-3H3;1H/t9-,10?,13?;/m0./s1. The van der Waals surface area contributed by atoms with E-state index in [1.807, 2.05) is 6.07 Å². The quantitative estimate of drug-likeness (QED) is 0.769. The first-order valence-electron chi connectivity index (χ1n) is 5.68. The fraction of sp³-hybridized carbons (Fsp3) is 0.538. The number of nitrogens with zero attached hydrogens (tertiary/aromatic N) is 1. The molecule has 0 spiro atoms. The van der Waals surface area contributed by atoms with Gasteiger partial charge >= 0.3 is 0 Å². The van der Waals surface area contributed by atoms with Gasteiger partial charge in [-0.05, 0) is 38.6 Å². The largest absolute Gasteiger partial charge is 0.370 e. The summed E-state index contributed by atoms with van der Waals surface area (Å²) in [7, 11) is 2.09. The Morgan fingerprint density at radius 2 is 2.06 bits per heavy atom. The molecule has 0 aromatic heterocycles. The molecular weight excluding hydrogens is 241 g/mol. The maximum atomic E-state index is 13.2. The van der Waals surface area contributed by atoms with Crippen LogP contribution in [0, 0.1) is 5.82 Å². The average Bonchev–Trinajstić information content (AvgIpc) is 2.26. The molecule has 17 heavy (non-hydrogen) atoms. The van der Waals surface area contributed by atoms with Crippen LogP contribution in [0.4, 0.5) is 4.39 Å². The van der Waals surface area contributed by atoms with Crippen LogP contribution >= 0.6 is 12.4 Å². The number of halogens is 2. The number of rotatable bonds is 1. The zero-order valence-electron chi connectivity index (χ0n) is 10.4. The summed E-state index contributed by atoms with van der Waals surface area (Å²) >= 11 is 0. The van der Waals surface area contributed by atoms with Crippen LogP contribution in [0.15, 0.2) is 24.3 Å². The Morgan fingerprint density at radius 1 is 1.35 bits per heavy atom. The van der Waals surface area contributed by atoms with Gasteiger partial charge in [-0.15, -0.1) is 12.4 Å². The Hall–Kier alpha value is -0.640. The molecule has 96 valence electrons.